The van der Waals surface area contributed by atoms with E-state index in [2.05, 4.69) is 4.98 Å². The molecule has 0 spiro atoms. The van der Waals surface area contributed by atoms with Crippen LogP contribution in [0.15, 0.2) is 12.1 Å². The van der Waals surface area contributed by atoms with Gasteiger partial charge in [-0.05, 0) is 19.1 Å². The van der Waals surface area contributed by atoms with E-state index in [9.17, 15) is 13.2 Å². The second-order valence-corrected chi connectivity index (χ2v) is 3.59. The van der Waals surface area contributed by atoms with Crippen LogP contribution in [0, 0.1) is 17.5 Å². The van der Waals surface area contributed by atoms with E-state index in [1.807, 2.05) is 0 Å². The minimum atomic E-state index is -1.20. The van der Waals surface area contributed by atoms with Crippen molar-refractivity contribution in [2.24, 2.45) is 0 Å². The van der Waals surface area contributed by atoms with Gasteiger partial charge in [-0.1, -0.05) is 11.6 Å². The first kappa shape index (κ1) is 12.0. The third-order valence-electron chi connectivity index (χ3n) is 2.19. The van der Waals surface area contributed by atoms with Gasteiger partial charge in [0.2, 0.25) is 5.82 Å². The molecule has 2 aromatic rings. The molecule has 1 heterocycles. The van der Waals surface area contributed by atoms with Gasteiger partial charge < -0.3 is 4.74 Å². The van der Waals surface area contributed by atoms with E-state index in [0.717, 1.165) is 6.07 Å². The highest BCUT2D eigenvalue weighted by Gasteiger charge is 2.20. The highest BCUT2D eigenvalue weighted by molar-refractivity contribution is 6.30. The monoisotopic (exact) mass is 261 g/mol. The molecule has 0 aliphatic heterocycles. The van der Waals surface area contributed by atoms with Crippen LogP contribution in [0.3, 0.4) is 0 Å². The van der Waals surface area contributed by atoms with Crippen molar-refractivity contribution < 1.29 is 17.9 Å². The average molecular weight is 262 g/mol. The Bertz CT molecular complexity index is 589. The molecule has 0 fully saturated rings. The van der Waals surface area contributed by atoms with Gasteiger partial charge in [0.1, 0.15) is 0 Å². The van der Waals surface area contributed by atoms with Crippen molar-refractivity contribution >= 4 is 22.5 Å². The number of benzene rings is 1. The Morgan fingerprint density at radius 3 is 2.59 bits per heavy atom. The molecule has 90 valence electrons. The molecule has 17 heavy (non-hydrogen) atoms. The third kappa shape index (κ3) is 1.91. The van der Waals surface area contributed by atoms with Crippen molar-refractivity contribution in [1.82, 2.24) is 4.98 Å². The van der Waals surface area contributed by atoms with E-state index in [1.165, 1.54) is 6.07 Å². The molecule has 0 radical (unpaired) electrons. The predicted molar refractivity (Wildman–Crippen MR) is 57.8 cm³/mol. The first-order chi connectivity index (χ1) is 8.06. The van der Waals surface area contributed by atoms with Gasteiger partial charge in [-0.3, -0.25) is 0 Å². The maximum atomic E-state index is 13.6. The Morgan fingerprint density at radius 2 is 1.94 bits per heavy atom. The molecule has 0 N–H and O–H groups in total. The van der Waals surface area contributed by atoms with E-state index in [1.54, 1.807) is 6.92 Å². The van der Waals surface area contributed by atoms with Crippen LogP contribution in [0.2, 0.25) is 5.15 Å². The summed E-state index contributed by atoms with van der Waals surface area (Å²) in [6.45, 7) is 1.69. The smallest absolute Gasteiger partial charge is 0.203 e. The molecule has 1 aromatic heterocycles. The fourth-order valence-corrected chi connectivity index (χ4v) is 1.66. The van der Waals surface area contributed by atoms with Crippen molar-refractivity contribution in [2.75, 3.05) is 6.61 Å². The maximum Gasteiger partial charge on any atom is 0.203 e. The molecule has 0 aliphatic carbocycles. The van der Waals surface area contributed by atoms with E-state index in [0.29, 0.717) is 0 Å². The van der Waals surface area contributed by atoms with Crippen molar-refractivity contribution in [1.29, 1.82) is 0 Å². The summed E-state index contributed by atoms with van der Waals surface area (Å²) in [5.41, 5.74) is 0.0405. The summed E-state index contributed by atoms with van der Waals surface area (Å²) >= 11 is 5.54. The number of hydrogen-bond acceptors (Lipinski definition) is 2. The van der Waals surface area contributed by atoms with Gasteiger partial charge in [-0.25, -0.2) is 13.8 Å². The average Bonchev–Trinajstić information content (AvgIpc) is 2.30. The van der Waals surface area contributed by atoms with E-state index < -0.39 is 28.4 Å². The molecule has 1 aromatic carbocycles. The minimum absolute atomic E-state index is 0.0405. The summed E-state index contributed by atoms with van der Waals surface area (Å²) in [6, 6.07) is 2.11. The van der Waals surface area contributed by atoms with Gasteiger partial charge in [0.05, 0.1) is 17.5 Å². The van der Waals surface area contributed by atoms with Gasteiger partial charge in [0.25, 0.3) is 0 Å². The summed E-state index contributed by atoms with van der Waals surface area (Å²) in [4.78, 5) is 3.62. The van der Waals surface area contributed by atoms with E-state index >= 15 is 0 Å². The number of nitrogens with zero attached hydrogens (tertiary/aromatic N) is 1. The molecule has 0 saturated carbocycles. The molecule has 0 bridgehead atoms. The Morgan fingerprint density at radius 1 is 1.24 bits per heavy atom. The maximum absolute atomic E-state index is 13.6. The van der Waals surface area contributed by atoms with Crippen LogP contribution in [0.25, 0.3) is 10.9 Å². The van der Waals surface area contributed by atoms with Crippen LogP contribution in [0.5, 0.6) is 5.75 Å². The first-order valence-corrected chi connectivity index (χ1v) is 5.19. The lowest BCUT2D eigenvalue weighted by Gasteiger charge is -2.10. The van der Waals surface area contributed by atoms with Crippen LogP contribution in [0.1, 0.15) is 6.92 Å². The van der Waals surface area contributed by atoms with Crippen LogP contribution in [0.4, 0.5) is 13.2 Å². The SMILES string of the molecule is CCOc1c(F)c(Cl)nc2ccc(F)c(F)c12. The lowest BCUT2D eigenvalue weighted by Crippen LogP contribution is -2.01. The Kier molecular flexibility index (Phi) is 3.11. The lowest BCUT2D eigenvalue weighted by molar-refractivity contribution is 0.324. The molecule has 6 heteroatoms. The van der Waals surface area contributed by atoms with Gasteiger partial charge in [0.15, 0.2) is 22.5 Å². The lowest BCUT2D eigenvalue weighted by atomic mass is 10.2. The number of rotatable bonds is 2. The van der Waals surface area contributed by atoms with Crippen molar-refractivity contribution in [3.8, 4) is 5.75 Å². The molecule has 0 saturated heterocycles. The quantitative estimate of drug-likeness (QED) is 0.769. The van der Waals surface area contributed by atoms with Crippen molar-refractivity contribution in [3.05, 3.63) is 34.7 Å². The first-order valence-electron chi connectivity index (χ1n) is 4.81. The molecule has 2 rings (SSSR count). The fourth-order valence-electron chi connectivity index (χ4n) is 1.49. The van der Waals surface area contributed by atoms with Crippen molar-refractivity contribution in [2.45, 2.75) is 6.92 Å². The minimum Gasteiger partial charge on any atom is -0.490 e. The molecule has 0 amide bonds. The summed E-state index contributed by atoms with van der Waals surface area (Å²) < 4.78 is 45.3. The number of pyridine rings is 1. The zero-order chi connectivity index (χ0) is 12.6. The standard InChI is InChI=1S/C11H7ClF3NO/c1-2-17-10-7-6(16-11(12)9(10)15)4-3-5(13)8(7)14/h3-4H,2H2,1H3. The van der Waals surface area contributed by atoms with Gasteiger partial charge in [-0.15, -0.1) is 0 Å². The molecule has 0 atom stereocenters. The fraction of sp³-hybridized carbons (Fsp3) is 0.182. The topological polar surface area (TPSA) is 22.1 Å². The molecular weight excluding hydrogens is 255 g/mol. The zero-order valence-corrected chi connectivity index (χ0v) is 9.49. The van der Waals surface area contributed by atoms with Gasteiger partial charge in [0, 0.05) is 0 Å². The highest BCUT2D eigenvalue weighted by atomic mass is 35.5. The molecule has 2 nitrogen and oxygen atoms in total. The second kappa shape index (κ2) is 4.41. The summed E-state index contributed by atoms with van der Waals surface area (Å²) in [5.74, 6) is -3.71. The summed E-state index contributed by atoms with van der Waals surface area (Å²) in [5, 5.41) is -0.777. The number of hydrogen-bond donors (Lipinski definition) is 0. The van der Waals surface area contributed by atoms with Crippen LogP contribution < -0.4 is 4.74 Å². The molecular formula is C11H7ClF3NO. The summed E-state index contributed by atoms with van der Waals surface area (Å²) in [7, 11) is 0. The summed E-state index contributed by atoms with van der Waals surface area (Å²) in [6.07, 6.45) is 0. The molecule has 0 aliphatic rings. The van der Waals surface area contributed by atoms with Crippen LogP contribution in [-0.4, -0.2) is 11.6 Å². The number of ether oxygens (including phenoxy) is 1. The number of fused-ring (bicyclic) bond motifs is 1. The second-order valence-electron chi connectivity index (χ2n) is 3.23. The zero-order valence-electron chi connectivity index (χ0n) is 8.73. The van der Waals surface area contributed by atoms with Gasteiger partial charge >= 0.3 is 0 Å². The normalized spacial score (nSPS) is 10.9. The third-order valence-corrected chi connectivity index (χ3v) is 2.44. The van der Waals surface area contributed by atoms with Gasteiger partial charge in [-0.2, -0.15) is 4.39 Å². The Labute approximate surface area is 100.0 Å². The predicted octanol–water partition coefficient (Wildman–Crippen LogP) is 3.70. The Balaban J connectivity index is 2.89. The Hall–Kier alpha value is -1.49. The van der Waals surface area contributed by atoms with Crippen molar-refractivity contribution in [3.63, 3.8) is 0 Å². The largest absolute Gasteiger partial charge is 0.490 e. The van der Waals surface area contributed by atoms with Crippen LogP contribution >= 0.6 is 11.6 Å². The molecule has 0 unspecified atom stereocenters. The van der Waals surface area contributed by atoms with E-state index in [-0.39, 0.29) is 17.5 Å². The highest BCUT2D eigenvalue weighted by Crippen LogP contribution is 2.34. The van der Waals surface area contributed by atoms with Crippen LogP contribution in [-0.2, 0) is 0 Å². The van der Waals surface area contributed by atoms with E-state index in [4.69, 9.17) is 16.3 Å². The number of aromatic nitrogens is 1. The number of halogens is 4.